The molecule has 4 rings (SSSR count). The van der Waals surface area contributed by atoms with Crippen LogP contribution in [-0.4, -0.2) is 40.8 Å². The van der Waals surface area contributed by atoms with Crippen molar-refractivity contribution in [2.24, 2.45) is 0 Å². The topological polar surface area (TPSA) is 82.5 Å². The van der Waals surface area contributed by atoms with Crippen LogP contribution in [0.5, 0.6) is 0 Å². The highest BCUT2D eigenvalue weighted by Crippen LogP contribution is 2.45. The molecule has 1 fully saturated rings. The van der Waals surface area contributed by atoms with E-state index in [1.807, 2.05) is 12.1 Å². The molecule has 0 unspecified atom stereocenters. The van der Waals surface area contributed by atoms with E-state index in [9.17, 15) is 9.59 Å². The lowest BCUT2D eigenvalue weighted by molar-refractivity contribution is -0.138. The maximum absolute atomic E-state index is 12.6. The van der Waals surface area contributed by atoms with Crippen LogP contribution in [0.3, 0.4) is 0 Å². The minimum absolute atomic E-state index is 0.0504. The van der Waals surface area contributed by atoms with Crippen molar-refractivity contribution in [3.05, 3.63) is 83.4 Å². The Balaban J connectivity index is 1.53. The average Bonchev–Trinajstić information content (AvgIpc) is 3.32. The molecule has 10 heteroatoms. The van der Waals surface area contributed by atoms with Crippen molar-refractivity contribution in [2.45, 2.75) is 42.7 Å². The lowest BCUT2D eigenvalue weighted by Gasteiger charge is -2.43. The summed E-state index contributed by atoms with van der Waals surface area (Å²) in [5.74, 6) is 0.471. The number of nitrogens with one attached hydrogen (secondary N) is 1. The van der Waals surface area contributed by atoms with E-state index in [1.54, 1.807) is 40.4 Å². The number of hydrogen-bond acceptors (Lipinski definition) is 8. The molecule has 1 aliphatic heterocycles. The lowest BCUT2D eigenvalue weighted by Crippen LogP contribution is -2.66. The number of hydrogen-bond donors (Lipinski definition) is 1. The van der Waals surface area contributed by atoms with Crippen LogP contribution in [-0.2, 0) is 14.1 Å². The summed E-state index contributed by atoms with van der Waals surface area (Å²) in [6.45, 7) is 8.66. The second-order valence-electron chi connectivity index (χ2n) is 9.53. The molecule has 0 saturated carbocycles. The van der Waals surface area contributed by atoms with Gasteiger partial charge in [0.1, 0.15) is 0 Å². The molecule has 2 atom stereocenters. The zero-order chi connectivity index (χ0) is 25.8. The Morgan fingerprint density at radius 2 is 1.69 bits per heavy atom. The second-order valence-corrected chi connectivity index (χ2v) is 16.8. The third-order valence-corrected chi connectivity index (χ3v) is 14.1. The fourth-order valence-electron chi connectivity index (χ4n) is 4.44. The second kappa shape index (κ2) is 11.2. The molecule has 0 bridgehead atoms. The molecule has 36 heavy (non-hydrogen) atoms. The molecule has 190 valence electrons. The lowest BCUT2D eigenvalue weighted by atomic mass is 10.2. The van der Waals surface area contributed by atoms with Gasteiger partial charge < -0.3 is 9.26 Å². The van der Waals surface area contributed by atoms with E-state index in [0.717, 1.165) is 5.75 Å². The standard InChI is InChI=1S/C26H31N3O4S2Si/c1-19(30)33-28-22-15-16-29(25(31)27-22)23-18-34-24(35-23)17-32-36(26(2,3)4,20-11-7-5-8-12-20)21-13-9-6-10-14-21/h5-16,23-24H,17-18H2,1-4H3,(H,27,28,31)/t23-,24-/m0/s1. The molecule has 1 aromatic heterocycles. The summed E-state index contributed by atoms with van der Waals surface area (Å²) >= 11 is 3.52. The fraction of sp³-hybridized carbons (Fsp3) is 0.346. The number of carbonyl (C=O) groups is 1. The fourth-order valence-corrected chi connectivity index (χ4v) is 12.2. The summed E-state index contributed by atoms with van der Waals surface area (Å²) in [6.07, 6.45) is 1.69. The summed E-state index contributed by atoms with van der Waals surface area (Å²) in [5.41, 5.74) is 2.00. The predicted octanol–water partition coefficient (Wildman–Crippen LogP) is 4.01. The zero-order valence-electron chi connectivity index (χ0n) is 20.8. The van der Waals surface area contributed by atoms with E-state index in [4.69, 9.17) is 9.26 Å². The first-order chi connectivity index (χ1) is 17.2. The van der Waals surface area contributed by atoms with Gasteiger partial charge in [0.15, 0.2) is 5.82 Å². The average molecular weight is 542 g/mol. The Morgan fingerprint density at radius 1 is 1.08 bits per heavy atom. The Kier molecular flexibility index (Phi) is 8.29. The van der Waals surface area contributed by atoms with Gasteiger partial charge in [0.2, 0.25) is 0 Å². The Labute approximate surface area is 221 Å². The maximum Gasteiger partial charge on any atom is 0.350 e. The van der Waals surface area contributed by atoms with Crippen LogP contribution < -0.4 is 21.5 Å². The highest BCUT2D eigenvalue weighted by atomic mass is 32.2. The normalized spacial score (nSPS) is 18.1. The predicted molar refractivity (Wildman–Crippen MR) is 150 cm³/mol. The molecule has 0 spiro atoms. The molecular weight excluding hydrogens is 511 g/mol. The van der Waals surface area contributed by atoms with Crippen molar-refractivity contribution < 1.29 is 14.1 Å². The van der Waals surface area contributed by atoms with Crippen LogP contribution in [0.25, 0.3) is 0 Å². The summed E-state index contributed by atoms with van der Waals surface area (Å²) in [5, 5.41) is 2.37. The van der Waals surface area contributed by atoms with Gasteiger partial charge in [-0.2, -0.15) is 4.98 Å². The van der Waals surface area contributed by atoms with Crippen molar-refractivity contribution in [1.82, 2.24) is 9.55 Å². The van der Waals surface area contributed by atoms with Crippen LogP contribution in [0, 0.1) is 0 Å². The Hall–Kier alpha value is -2.53. The van der Waals surface area contributed by atoms with Crippen LogP contribution in [0.1, 0.15) is 33.1 Å². The molecule has 0 radical (unpaired) electrons. The van der Waals surface area contributed by atoms with Crippen molar-refractivity contribution in [1.29, 1.82) is 0 Å². The van der Waals surface area contributed by atoms with E-state index in [1.165, 1.54) is 17.3 Å². The third kappa shape index (κ3) is 5.72. The number of anilines is 1. The van der Waals surface area contributed by atoms with Gasteiger partial charge in [-0.25, -0.2) is 10.3 Å². The number of nitrogens with zero attached hydrogens (tertiary/aromatic N) is 2. The number of rotatable bonds is 8. The van der Waals surface area contributed by atoms with Gasteiger partial charge in [0.25, 0.3) is 8.32 Å². The van der Waals surface area contributed by atoms with Crippen molar-refractivity contribution in [3.63, 3.8) is 0 Å². The van der Waals surface area contributed by atoms with Gasteiger partial charge in [-0.15, -0.1) is 23.5 Å². The summed E-state index contributed by atoms with van der Waals surface area (Å²) in [6, 6.07) is 22.8. The first-order valence-electron chi connectivity index (χ1n) is 11.8. The molecule has 7 nitrogen and oxygen atoms in total. The quantitative estimate of drug-likeness (QED) is 0.338. The summed E-state index contributed by atoms with van der Waals surface area (Å²) < 4.78 is 8.88. The van der Waals surface area contributed by atoms with Crippen molar-refractivity contribution in [3.8, 4) is 0 Å². The van der Waals surface area contributed by atoms with Gasteiger partial charge >= 0.3 is 11.7 Å². The molecule has 3 aromatic rings. The molecule has 0 amide bonds. The van der Waals surface area contributed by atoms with Crippen molar-refractivity contribution >= 4 is 54.0 Å². The molecule has 2 heterocycles. The zero-order valence-corrected chi connectivity index (χ0v) is 23.5. The van der Waals surface area contributed by atoms with Crippen LogP contribution in [0.4, 0.5) is 5.82 Å². The molecule has 1 saturated heterocycles. The van der Waals surface area contributed by atoms with E-state index in [2.05, 4.69) is 79.8 Å². The van der Waals surface area contributed by atoms with Crippen LogP contribution in [0.2, 0.25) is 5.04 Å². The SMILES string of the molecule is CC(=O)ONc1ccn([C@@H]2CS[C@H](CO[Si](c3ccccc3)(c3ccccc3)C(C)(C)C)S2)c(=O)n1. The van der Waals surface area contributed by atoms with Gasteiger partial charge in [0, 0.05) is 24.9 Å². The highest BCUT2D eigenvalue weighted by Gasteiger charge is 2.50. The van der Waals surface area contributed by atoms with E-state index in [0.29, 0.717) is 6.61 Å². The van der Waals surface area contributed by atoms with E-state index < -0.39 is 14.3 Å². The third-order valence-electron chi connectivity index (χ3n) is 6.03. The van der Waals surface area contributed by atoms with E-state index in [-0.39, 0.29) is 26.5 Å². The van der Waals surface area contributed by atoms with Crippen LogP contribution in [0.15, 0.2) is 77.7 Å². The minimum atomic E-state index is -2.61. The summed E-state index contributed by atoms with van der Waals surface area (Å²) in [7, 11) is -2.61. The number of carbonyl (C=O) groups excluding carboxylic acids is 1. The Morgan fingerprint density at radius 3 is 2.22 bits per heavy atom. The largest absolute Gasteiger partial charge is 0.405 e. The van der Waals surface area contributed by atoms with Crippen LogP contribution >= 0.6 is 23.5 Å². The van der Waals surface area contributed by atoms with Gasteiger partial charge in [0.05, 0.1) is 16.6 Å². The first-order valence-corrected chi connectivity index (χ1v) is 15.7. The number of benzene rings is 2. The van der Waals surface area contributed by atoms with Gasteiger partial charge in [-0.1, -0.05) is 81.4 Å². The highest BCUT2D eigenvalue weighted by molar-refractivity contribution is 8.20. The monoisotopic (exact) mass is 541 g/mol. The van der Waals surface area contributed by atoms with Gasteiger partial charge in [-0.05, 0) is 15.4 Å². The minimum Gasteiger partial charge on any atom is -0.405 e. The maximum atomic E-state index is 12.6. The Bertz CT molecular complexity index is 1200. The molecule has 1 N–H and O–H groups in total. The number of aromatic nitrogens is 2. The van der Waals surface area contributed by atoms with Gasteiger partial charge in [-0.3, -0.25) is 9.36 Å². The molecule has 2 aromatic carbocycles. The van der Waals surface area contributed by atoms with E-state index >= 15 is 0 Å². The molecule has 1 aliphatic rings. The first kappa shape index (κ1) is 26.5. The number of thioether (sulfide) groups is 2. The van der Waals surface area contributed by atoms with Crippen molar-refractivity contribution in [2.75, 3.05) is 17.8 Å². The smallest absolute Gasteiger partial charge is 0.350 e. The summed E-state index contributed by atoms with van der Waals surface area (Å²) in [4.78, 5) is 32.3. The molecule has 0 aliphatic carbocycles. The molecular formula is C26H31N3O4S2Si.